The summed E-state index contributed by atoms with van der Waals surface area (Å²) in [7, 11) is 0. The third-order valence-corrected chi connectivity index (χ3v) is 4.42. The van der Waals surface area contributed by atoms with E-state index in [2.05, 4.69) is 15.3 Å². The summed E-state index contributed by atoms with van der Waals surface area (Å²) in [4.78, 5) is 0.873. The van der Waals surface area contributed by atoms with Gasteiger partial charge in [-0.15, -0.1) is 10.2 Å². The highest BCUT2D eigenvalue weighted by Crippen LogP contribution is 2.39. The van der Waals surface area contributed by atoms with Crippen LogP contribution in [0.15, 0.2) is 0 Å². The fourth-order valence-electron chi connectivity index (χ4n) is 2.38. The summed E-state index contributed by atoms with van der Waals surface area (Å²) in [5.74, 6) is 1.58. The molecule has 1 atom stereocenters. The van der Waals surface area contributed by atoms with Crippen LogP contribution in [0.3, 0.4) is 0 Å². The zero-order valence-electron chi connectivity index (χ0n) is 10.6. The average molecular weight is 280 g/mol. The monoisotopic (exact) mass is 280 g/mol. The highest BCUT2D eigenvalue weighted by molar-refractivity contribution is 7.16. The molecule has 0 aromatic carbocycles. The van der Waals surface area contributed by atoms with Crippen LogP contribution < -0.4 is 0 Å². The summed E-state index contributed by atoms with van der Waals surface area (Å²) < 4.78 is 13.1. The lowest BCUT2D eigenvalue weighted by Crippen LogP contribution is -2.13. The zero-order chi connectivity index (χ0) is 12.7. The Morgan fingerprint density at radius 1 is 1.32 bits per heavy atom. The first-order chi connectivity index (χ1) is 9.40. The smallest absolute Gasteiger partial charge is 0.234 e. The van der Waals surface area contributed by atoms with Crippen molar-refractivity contribution in [1.82, 2.24) is 19.8 Å². The molecule has 7 heteroatoms. The maximum absolute atomic E-state index is 5.68. The average Bonchev–Trinajstić information content (AvgIpc) is 2.85. The maximum Gasteiger partial charge on any atom is 0.234 e. The number of aromatic nitrogens is 4. The molecule has 2 aliphatic rings. The topological polar surface area (TPSA) is 61.5 Å². The zero-order valence-corrected chi connectivity index (χ0v) is 11.4. The van der Waals surface area contributed by atoms with Crippen LogP contribution in [0.1, 0.15) is 42.4 Å². The fourth-order valence-corrected chi connectivity index (χ4v) is 3.16. The number of rotatable bonds is 5. The lowest BCUT2D eigenvalue weighted by Gasteiger charge is -2.08. The summed E-state index contributed by atoms with van der Waals surface area (Å²) >= 11 is 1.56. The van der Waals surface area contributed by atoms with Crippen LogP contribution >= 0.6 is 11.3 Å². The van der Waals surface area contributed by atoms with Gasteiger partial charge >= 0.3 is 0 Å². The van der Waals surface area contributed by atoms with Gasteiger partial charge in [-0.3, -0.25) is 0 Å². The molecule has 0 N–H and O–H groups in total. The Hall–Kier alpha value is -1.05. The first-order valence-corrected chi connectivity index (χ1v) is 7.62. The standard InChI is InChI=1S/C12H16N4O2S/c1-2-9(18-5-1)6-17-7-10-15-16-11(8-3-4-8)13-14-12(16)19-10/h8-9H,1-7H2/t9-/m1/s1. The Kier molecular flexibility index (Phi) is 2.97. The Labute approximate surface area is 114 Å². The van der Waals surface area contributed by atoms with Crippen molar-refractivity contribution < 1.29 is 9.47 Å². The van der Waals surface area contributed by atoms with Gasteiger partial charge in [-0.05, 0) is 25.7 Å². The molecule has 1 aliphatic carbocycles. The van der Waals surface area contributed by atoms with Gasteiger partial charge in [-0.25, -0.2) is 0 Å². The Balaban J connectivity index is 1.40. The van der Waals surface area contributed by atoms with Gasteiger partial charge in [0.1, 0.15) is 11.6 Å². The van der Waals surface area contributed by atoms with Crippen molar-refractivity contribution in [3.8, 4) is 0 Å². The van der Waals surface area contributed by atoms with E-state index < -0.39 is 0 Å². The molecule has 1 saturated carbocycles. The van der Waals surface area contributed by atoms with Crippen LogP contribution in [-0.2, 0) is 16.1 Å². The molecule has 0 radical (unpaired) electrons. The molecule has 3 heterocycles. The van der Waals surface area contributed by atoms with E-state index in [-0.39, 0.29) is 6.10 Å². The minimum Gasteiger partial charge on any atom is -0.376 e. The van der Waals surface area contributed by atoms with Crippen LogP contribution in [0.5, 0.6) is 0 Å². The normalized spacial score (nSPS) is 23.5. The lowest BCUT2D eigenvalue weighted by molar-refractivity contribution is 0.0103. The van der Waals surface area contributed by atoms with E-state index in [1.54, 1.807) is 11.3 Å². The largest absolute Gasteiger partial charge is 0.376 e. The minimum absolute atomic E-state index is 0.271. The molecule has 19 heavy (non-hydrogen) atoms. The second-order valence-corrected chi connectivity index (χ2v) is 6.21. The first kappa shape index (κ1) is 11.7. The van der Waals surface area contributed by atoms with Crippen LogP contribution in [0, 0.1) is 0 Å². The third-order valence-electron chi connectivity index (χ3n) is 3.55. The summed E-state index contributed by atoms with van der Waals surface area (Å²) in [5, 5.41) is 13.9. The van der Waals surface area contributed by atoms with Gasteiger partial charge in [-0.2, -0.15) is 9.61 Å². The number of hydrogen-bond donors (Lipinski definition) is 0. The molecular weight excluding hydrogens is 264 g/mol. The summed E-state index contributed by atoms with van der Waals surface area (Å²) in [5.41, 5.74) is 0. The van der Waals surface area contributed by atoms with Gasteiger partial charge in [0.15, 0.2) is 5.82 Å². The summed E-state index contributed by atoms with van der Waals surface area (Å²) in [6.45, 7) is 2.07. The molecule has 102 valence electrons. The van der Waals surface area contributed by atoms with Crippen molar-refractivity contribution in [1.29, 1.82) is 0 Å². The van der Waals surface area contributed by atoms with Crippen LogP contribution in [0.2, 0.25) is 0 Å². The molecule has 1 saturated heterocycles. The van der Waals surface area contributed by atoms with Gasteiger partial charge in [0.05, 0.1) is 12.7 Å². The molecule has 1 aliphatic heterocycles. The molecule has 2 aromatic heterocycles. The number of nitrogens with zero attached hydrogens (tertiary/aromatic N) is 4. The van der Waals surface area contributed by atoms with E-state index >= 15 is 0 Å². The highest BCUT2D eigenvalue weighted by Gasteiger charge is 2.30. The summed E-state index contributed by atoms with van der Waals surface area (Å²) in [6, 6.07) is 0. The SMILES string of the molecule is C1CO[C@@H](COCc2nn3c(C4CC4)nnc3s2)C1. The molecule has 0 amide bonds. The fraction of sp³-hybridized carbons (Fsp3) is 0.750. The molecular formula is C12H16N4O2S. The van der Waals surface area contributed by atoms with E-state index in [4.69, 9.17) is 9.47 Å². The van der Waals surface area contributed by atoms with Gasteiger partial charge in [0.2, 0.25) is 4.96 Å². The van der Waals surface area contributed by atoms with Crippen molar-refractivity contribution >= 4 is 16.3 Å². The molecule has 0 unspecified atom stereocenters. The molecule has 4 rings (SSSR count). The minimum atomic E-state index is 0.271. The molecule has 6 nitrogen and oxygen atoms in total. The van der Waals surface area contributed by atoms with E-state index in [0.29, 0.717) is 19.1 Å². The van der Waals surface area contributed by atoms with E-state index in [1.807, 2.05) is 4.52 Å². The van der Waals surface area contributed by atoms with Gasteiger partial charge < -0.3 is 9.47 Å². The maximum atomic E-state index is 5.68. The Morgan fingerprint density at radius 2 is 2.26 bits per heavy atom. The van der Waals surface area contributed by atoms with Crippen molar-refractivity contribution in [2.24, 2.45) is 0 Å². The molecule has 2 aromatic rings. The number of ether oxygens (including phenoxy) is 2. The van der Waals surface area contributed by atoms with Crippen molar-refractivity contribution in [2.75, 3.05) is 13.2 Å². The predicted octanol–water partition coefficient (Wildman–Crippen LogP) is 1.76. The van der Waals surface area contributed by atoms with Crippen LogP contribution in [-0.4, -0.2) is 39.1 Å². The number of hydrogen-bond acceptors (Lipinski definition) is 6. The van der Waals surface area contributed by atoms with Gasteiger partial charge in [-0.1, -0.05) is 11.3 Å². The molecule has 0 spiro atoms. The highest BCUT2D eigenvalue weighted by atomic mass is 32.1. The predicted molar refractivity (Wildman–Crippen MR) is 69.3 cm³/mol. The Bertz CT molecular complexity index is 571. The lowest BCUT2D eigenvalue weighted by atomic mass is 10.2. The van der Waals surface area contributed by atoms with Crippen molar-refractivity contribution in [3.63, 3.8) is 0 Å². The summed E-state index contributed by atoms with van der Waals surface area (Å²) in [6.07, 6.45) is 4.95. The van der Waals surface area contributed by atoms with Crippen molar-refractivity contribution in [2.45, 2.75) is 44.3 Å². The van der Waals surface area contributed by atoms with E-state index in [1.165, 1.54) is 12.8 Å². The van der Waals surface area contributed by atoms with Crippen LogP contribution in [0.25, 0.3) is 4.96 Å². The molecule has 2 fully saturated rings. The number of fused-ring (bicyclic) bond motifs is 1. The molecule has 0 bridgehead atoms. The second-order valence-electron chi connectivity index (χ2n) is 5.17. The van der Waals surface area contributed by atoms with Gasteiger partial charge in [0.25, 0.3) is 0 Å². The van der Waals surface area contributed by atoms with E-state index in [9.17, 15) is 0 Å². The third kappa shape index (κ3) is 2.37. The van der Waals surface area contributed by atoms with Gasteiger partial charge in [0, 0.05) is 12.5 Å². The van der Waals surface area contributed by atoms with Crippen molar-refractivity contribution in [3.05, 3.63) is 10.8 Å². The first-order valence-electron chi connectivity index (χ1n) is 6.80. The quantitative estimate of drug-likeness (QED) is 0.835. The Morgan fingerprint density at radius 3 is 3.05 bits per heavy atom. The van der Waals surface area contributed by atoms with Crippen LogP contribution in [0.4, 0.5) is 0 Å². The second kappa shape index (κ2) is 4.81. The van der Waals surface area contributed by atoms with E-state index in [0.717, 1.165) is 35.2 Å².